The zero-order valence-corrected chi connectivity index (χ0v) is 54.7. The zero-order valence-electron chi connectivity index (χ0n) is 52.3. The van der Waals surface area contributed by atoms with Crippen molar-refractivity contribution >= 4 is 78.5 Å². The van der Waals surface area contributed by atoms with E-state index >= 15 is 0 Å². The van der Waals surface area contributed by atoms with Gasteiger partial charge in [-0.3, -0.25) is 29.3 Å². The van der Waals surface area contributed by atoms with Crippen LogP contribution < -0.4 is 37.4 Å². The van der Waals surface area contributed by atoms with Gasteiger partial charge >= 0.3 is 12.2 Å². The lowest BCUT2D eigenvalue weighted by molar-refractivity contribution is -0.138. The second-order valence-electron chi connectivity index (χ2n) is 22.4. The molecule has 5 aliphatic heterocycles. The first-order chi connectivity index (χ1) is 48.2. The summed E-state index contributed by atoms with van der Waals surface area (Å²) in [5, 5.41) is 0.592. The Labute approximate surface area is 574 Å². The molecule has 16 rings (SSSR count). The molecule has 0 bridgehead atoms. The normalized spacial score (nSPS) is 15.1. The minimum Gasteiger partial charge on any atom is -0.456 e. The molecule has 1 fully saturated rings. The standard InChI is InChI=1S/C19H13ClN2O2.C18H12F3N3O3S.C17H12N4O2.C16H16N4O4S/c20-14-6-3-7-15(11-14)24-18-10-4-9-17(21-18)22-12-13-5-1-2-8-16(13)19(22)23;19-18(20,21)13-8-16(23-17(9-13)27-14-5-3-7-22-10-14)24-11-12-4-1-2-6-15(12)28(24,25)26;22-16-10-12-4-1-2-6-14(12)21(16)17-19-9-7-15(20-17)23-13-5-3-8-18-11-13;1-11(21)19-9-13(10-19)24-16-17-7-6-15(18-16)20-8-12-4-2-3-5-14(12)25(20,22)23/h1-11H,12H2;1-10H,11H2;1-9,11H,10H2;2-7,13H,8-10H2,1H3. The first kappa shape index (κ1) is 66.7. The Bertz CT molecular complexity index is 5150. The number of rotatable bonds is 12. The molecule has 1 saturated heterocycles. The van der Waals surface area contributed by atoms with Crippen LogP contribution in [0.4, 0.5) is 42.3 Å². The number of ether oxygens (including phenoxy) is 4. The summed E-state index contributed by atoms with van der Waals surface area (Å²) >= 11 is 5.96. The molecule has 0 spiro atoms. The van der Waals surface area contributed by atoms with Crippen molar-refractivity contribution < 1.29 is 63.3 Å². The number of fused-ring (bicyclic) bond motifs is 4. The molecule has 5 aliphatic rings. The van der Waals surface area contributed by atoms with Crippen LogP contribution in [0, 0.1) is 0 Å². The topological polar surface area (TPSA) is 276 Å². The fourth-order valence-electron chi connectivity index (χ4n) is 10.9. The molecule has 11 heterocycles. The number of pyridine rings is 4. The summed E-state index contributed by atoms with van der Waals surface area (Å²) in [5.74, 6) is 2.41. The minimum absolute atomic E-state index is 0.00422. The number of carbonyl (C=O) groups is 3. The van der Waals surface area contributed by atoms with E-state index < -0.39 is 31.8 Å². The molecule has 24 nitrogen and oxygen atoms in total. The van der Waals surface area contributed by atoms with Crippen molar-refractivity contribution in [3.05, 3.63) is 264 Å². The monoisotopic (exact) mass is 1410 g/mol. The molecule has 11 aromatic rings. The maximum Gasteiger partial charge on any atom is 0.416 e. The molecule has 3 amide bonds. The third kappa shape index (κ3) is 14.7. The summed E-state index contributed by atoms with van der Waals surface area (Å²) < 4.78 is 115. The quantitative estimate of drug-likeness (QED) is 0.110. The van der Waals surface area contributed by atoms with Crippen LogP contribution in [0.25, 0.3) is 0 Å². The number of nitrogens with zero attached hydrogens (tertiary/aromatic N) is 13. The summed E-state index contributed by atoms with van der Waals surface area (Å²) in [6.07, 6.45) is 4.56. The van der Waals surface area contributed by atoms with E-state index in [-0.39, 0.29) is 71.1 Å². The third-order valence-electron chi connectivity index (χ3n) is 15.7. The van der Waals surface area contributed by atoms with E-state index in [9.17, 15) is 44.4 Å². The molecule has 0 N–H and O–H groups in total. The summed E-state index contributed by atoms with van der Waals surface area (Å²) in [6.45, 7) is 3.11. The van der Waals surface area contributed by atoms with Crippen LogP contribution in [-0.2, 0) is 61.9 Å². The molecule has 0 unspecified atom stereocenters. The highest BCUT2D eigenvalue weighted by molar-refractivity contribution is 7.93. The smallest absolute Gasteiger partial charge is 0.416 e. The first-order valence-corrected chi connectivity index (χ1v) is 33.7. The van der Waals surface area contributed by atoms with Crippen LogP contribution in [0.5, 0.6) is 40.9 Å². The number of amides is 3. The predicted octanol–water partition coefficient (Wildman–Crippen LogP) is 12.4. The first-order valence-electron chi connectivity index (χ1n) is 30.5. The lowest BCUT2D eigenvalue weighted by Gasteiger charge is -2.37. The molecule has 6 aromatic heterocycles. The van der Waals surface area contributed by atoms with E-state index in [4.69, 9.17) is 30.5 Å². The van der Waals surface area contributed by atoms with Gasteiger partial charge in [-0.05, 0) is 101 Å². The number of likely N-dealkylation sites (tertiary alicyclic amines) is 1. The van der Waals surface area contributed by atoms with Gasteiger partial charge in [0.05, 0.1) is 72.6 Å². The molecule has 5 aromatic carbocycles. The van der Waals surface area contributed by atoms with Gasteiger partial charge in [0, 0.05) is 66.6 Å². The SMILES string of the molecule is CC(=O)N1CC(Oc2nccc(N3Cc4ccccc4S3(=O)=O)n2)C1.O=C1Cc2ccccc2N1c1nccc(Oc2cccnc2)n1.O=C1c2ccccc2CN1c1cccc(Oc2cccc(Cl)c2)n1.O=S1(=O)c2ccccc2CN1c1cc(C(F)(F)F)cc(Oc2cccnc2)n1. The van der Waals surface area contributed by atoms with E-state index in [1.807, 2.05) is 66.7 Å². The zero-order chi connectivity index (χ0) is 69.7. The van der Waals surface area contributed by atoms with E-state index in [1.54, 1.807) is 125 Å². The molecule has 0 radical (unpaired) electrons. The molecule has 100 heavy (non-hydrogen) atoms. The fraction of sp³-hybridized carbons (Fsp3) is 0.129. The second-order valence-corrected chi connectivity index (χ2v) is 26.5. The lowest BCUT2D eigenvalue weighted by Crippen LogP contribution is -2.55. The fourth-order valence-corrected chi connectivity index (χ4v) is 14.3. The summed E-state index contributed by atoms with van der Waals surface area (Å²) in [4.78, 5) is 74.3. The van der Waals surface area contributed by atoms with Crippen molar-refractivity contribution in [1.29, 1.82) is 0 Å². The summed E-state index contributed by atoms with van der Waals surface area (Å²) in [5.41, 5.74) is 3.67. The largest absolute Gasteiger partial charge is 0.456 e. The Hall–Kier alpha value is -12.0. The van der Waals surface area contributed by atoms with Crippen molar-refractivity contribution in [1.82, 2.24) is 44.8 Å². The Kier molecular flexibility index (Phi) is 18.8. The maximum absolute atomic E-state index is 13.4. The number of alkyl halides is 3. The second kappa shape index (κ2) is 28.3. The number of aromatic nitrogens is 8. The Morgan fingerprint density at radius 3 is 1.76 bits per heavy atom. The Balaban J connectivity index is 0.000000120. The van der Waals surface area contributed by atoms with Crippen molar-refractivity contribution in [3.63, 3.8) is 0 Å². The van der Waals surface area contributed by atoms with Crippen molar-refractivity contribution in [2.75, 3.05) is 31.5 Å². The van der Waals surface area contributed by atoms with Crippen LogP contribution in [0.3, 0.4) is 0 Å². The molecule has 0 atom stereocenters. The van der Waals surface area contributed by atoms with Gasteiger partial charge in [-0.25, -0.2) is 40.3 Å². The number of halogens is 4. The van der Waals surface area contributed by atoms with Crippen molar-refractivity contribution in [3.8, 4) is 40.9 Å². The van der Waals surface area contributed by atoms with Gasteiger partial charge in [-0.2, -0.15) is 33.1 Å². The van der Waals surface area contributed by atoms with Crippen LogP contribution in [-0.4, -0.2) is 98.5 Å². The van der Waals surface area contributed by atoms with Crippen LogP contribution >= 0.6 is 11.6 Å². The average Bonchev–Trinajstić information content (AvgIpc) is 1.59. The van der Waals surface area contributed by atoms with Crippen LogP contribution in [0.1, 0.15) is 45.1 Å². The van der Waals surface area contributed by atoms with Crippen LogP contribution in [0.2, 0.25) is 5.02 Å². The van der Waals surface area contributed by atoms with Crippen molar-refractivity contribution in [2.24, 2.45) is 0 Å². The number of hydrogen-bond donors (Lipinski definition) is 0. The van der Waals surface area contributed by atoms with Crippen LogP contribution in [0.15, 0.2) is 235 Å². The number of benzene rings is 5. The van der Waals surface area contributed by atoms with Gasteiger partial charge in [-0.1, -0.05) is 96.5 Å². The number of para-hydroxylation sites is 1. The predicted molar refractivity (Wildman–Crippen MR) is 358 cm³/mol. The molecule has 30 heteroatoms. The highest BCUT2D eigenvalue weighted by Gasteiger charge is 2.40. The lowest BCUT2D eigenvalue weighted by atomic mass is 10.1. The van der Waals surface area contributed by atoms with Gasteiger partial charge in [0.2, 0.25) is 35.4 Å². The number of sulfonamides is 2. The molecular weight excluding hydrogens is 1360 g/mol. The van der Waals surface area contributed by atoms with E-state index in [0.717, 1.165) is 32.2 Å². The van der Waals surface area contributed by atoms with E-state index in [1.165, 1.54) is 46.9 Å². The molecular formula is C70H53ClF3N13O11S2. The third-order valence-corrected chi connectivity index (χ3v) is 19.6. The Morgan fingerprint density at radius 2 is 1.12 bits per heavy atom. The van der Waals surface area contributed by atoms with Gasteiger partial charge in [0.15, 0.2) is 0 Å². The number of carbonyl (C=O) groups excluding carboxylic acids is 3. The summed E-state index contributed by atoms with van der Waals surface area (Å²) in [7, 11) is -7.64. The minimum atomic E-state index is -4.71. The maximum atomic E-state index is 13.4. The highest BCUT2D eigenvalue weighted by Crippen LogP contribution is 2.41. The molecule has 0 saturated carbocycles. The van der Waals surface area contributed by atoms with E-state index in [0.29, 0.717) is 88.7 Å². The van der Waals surface area contributed by atoms with Gasteiger partial charge < -0.3 is 23.8 Å². The Morgan fingerprint density at radius 1 is 0.540 bits per heavy atom. The average molecular weight is 1410 g/mol. The van der Waals surface area contributed by atoms with E-state index in [2.05, 4.69) is 39.9 Å². The molecule has 0 aliphatic carbocycles. The van der Waals surface area contributed by atoms with Gasteiger partial charge in [0.1, 0.15) is 40.8 Å². The summed E-state index contributed by atoms with van der Waals surface area (Å²) in [6, 6.07) is 52.1. The number of anilines is 5. The highest BCUT2D eigenvalue weighted by atomic mass is 35.5. The van der Waals surface area contributed by atoms with Crippen molar-refractivity contribution in [2.45, 2.75) is 55.1 Å². The number of hydrogen-bond acceptors (Lipinski definition) is 19. The van der Waals surface area contributed by atoms with Gasteiger partial charge in [-0.15, -0.1) is 0 Å². The molecule has 504 valence electrons. The van der Waals surface area contributed by atoms with Gasteiger partial charge in [0.25, 0.3) is 26.0 Å².